The number of rotatable bonds is 2. The van der Waals surface area contributed by atoms with Gasteiger partial charge in [0.2, 0.25) is 5.89 Å². The lowest BCUT2D eigenvalue weighted by molar-refractivity contribution is 0.541. The lowest BCUT2D eigenvalue weighted by atomic mass is 10.3. The molecule has 0 fully saturated rings. The van der Waals surface area contributed by atoms with Crippen molar-refractivity contribution in [3.8, 4) is 11.5 Å². The second-order valence-electron chi connectivity index (χ2n) is 3.25. The Hall–Kier alpha value is -0.510. The highest BCUT2D eigenvalue weighted by Crippen LogP contribution is 2.41. The van der Waals surface area contributed by atoms with E-state index in [0.717, 1.165) is 22.5 Å². The molecule has 0 saturated carbocycles. The molecule has 0 aliphatic carbocycles. The van der Waals surface area contributed by atoms with Crippen LogP contribution < -0.4 is 4.94 Å². The van der Waals surface area contributed by atoms with Crippen LogP contribution in [0.25, 0.3) is 11.5 Å². The van der Waals surface area contributed by atoms with Crippen LogP contribution in [0.4, 0.5) is 0 Å². The molecule has 0 saturated heterocycles. The van der Waals surface area contributed by atoms with Gasteiger partial charge in [0.05, 0.1) is 17.1 Å². The van der Waals surface area contributed by atoms with Gasteiger partial charge in [0.1, 0.15) is 4.21 Å². The van der Waals surface area contributed by atoms with Crippen molar-refractivity contribution in [2.24, 2.45) is 0 Å². The number of aryl methyl sites for hydroxylation is 1. The summed E-state index contributed by atoms with van der Waals surface area (Å²) in [7, 11) is -3.38. The smallest absolute Gasteiger partial charge is 0.394 e. The minimum absolute atomic E-state index is 0.0386. The van der Waals surface area contributed by atoms with Gasteiger partial charge in [-0.25, -0.2) is 13.2 Å². The minimum Gasteiger partial charge on any atom is -0.394 e. The fraction of sp³-hybridized carbons (Fsp3) is 0.250. The first-order chi connectivity index (χ1) is 7.80. The van der Waals surface area contributed by atoms with Gasteiger partial charge in [0.15, 0.2) is 9.84 Å². The molecule has 0 aromatic carbocycles. The Morgan fingerprint density at radius 1 is 1.41 bits per heavy atom. The Morgan fingerprint density at radius 3 is 2.53 bits per heavy atom. The maximum absolute atomic E-state index is 11.6. The average Bonchev–Trinajstić information content (AvgIpc) is 2.72. The minimum atomic E-state index is -3.38. The Balaban J connectivity index is 2.81. The molecular formula is C8H6BrNO4S3. The summed E-state index contributed by atoms with van der Waals surface area (Å²) in [5, 5.41) is 0. The molecule has 2 aromatic heterocycles. The Morgan fingerprint density at radius 2 is 2.06 bits per heavy atom. The Bertz CT molecular complexity index is 724. The van der Waals surface area contributed by atoms with E-state index in [4.69, 9.17) is 4.42 Å². The normalized spacial score (nSPS) is 11.9. The van der Waals surface area contributed by atoms with Crippen LogP contribution in [0.1, 0.15) is 4.88 Å². The number of thiophene rings is 1. The number of nitrogens with zero attached hydrogens (tertiary/aromatic N) is 1. The molecule has 0 bridgehead atoms. The molecule has 0 amide bonds. The van der Waals surface area contributed by atoms with Crippen LogP contribution >= 0.6 is 38.8 Å². The van der Waals surface area contributed by atoms with Gasteiger partial charge in [-0.15, -0.1) is 15.7 Å². The number of hydrogen-bond acceptors (Lipinski definition) is 7. The molecule has 0 aliphatic heterocycles. The molecular weight excluding hydrogens is 350 g/mol. The number of aromatic nitrogens is 1. The maximum atomic E-state index is 11.6. The van der Waals surface area contributed by atoms with Crippen molar-refractivity contribution in [1.29, 1.82) is 0 Å². The van der Waals surface area contributed by atoms with E-state index in [1.807, 2.05) is 0 Å². The highest BCUT2D eigenvalue weighted by molar-refractivity contribution is 9.10. The van der Waals surface area contributed by atoms with Crippen LogP contribution in [-0.4, -0.2) is 19.0 Å². The Labute approximate surface area is 113 Å². The van der Waals surface area contributed by atoms with Crippen molar-refractivity contribution < 1.29 is 12.8 Å². The third kappa shape index (κ3) is 2.37. The summed E-state index contributed by atoms with van der Waals surface area (Å²) in [6.45, 7) is 1.78. The first-order valence-corrected chi connectivity index (χ1v) is 8.54. The molecule has 2 aromatic rings. The topological polar surface area (TPSA) is 77.2 Å². The summed E-state index contributed by atoms with van der Waals surface area (Å²) in [6.07, 6.45) is 1.11. The van der Waals surface area contributed by atoms with Gasteiger partial charge in [-0.3, -0.25) is 0 Å². The molecule has 0 atom stereocenters. The SMILES string of the molecule is Cc1sc(S(C)(=O)=O)c(-c2nsc(=O)o2)c1Br. The zero-order chi connectivity index (χ0) is 12.8. The first kappa shape index (κ1) is 12.9. The van der Waals surface area contributed by atoms with Crippen LogP contribution in [-0.2, 0) is 9.84 Å². The van der Waals surface area contributed by atoms with Crippen LogP contribution in [0.2, 0.25) is 0 Å². The zero-order valence-corrected chi connectivity index (χ0v) is 12.7. The second kappa shape index (κ2) is 4.30. The van der Waals surface area contributed by atoms with Crippen molar-refractivity contribution in [1.82, 2.24) is 4.37 Å². The van der Waals surface area contributed by atoms with Gasteiger partial charge in [-0.1, -0.05) is 0 Å². The Kier molecular flexibility index (Phi) is 3.27. The molecule has 9 heteroatoms. The van der Waals surface area contributed by atoms with E-state index in [9.17, 15) is 13.2 Å². The highest BCUT2D eigenvalue weighted by Gasteiger charge is 2.26. The molecule has 0 radical (unpaired) electrons. The number of sulfone groups is 1. The molecule has 0 aliphatic rings. The maximum Gasteiger partial charge on any atom is 0.414 e. The summed E-state index contributed by atoms with van der Waals surface area (Å²) in [5.74, 6) is 0.0386. The predicted octanol–water partition coefficient (Wildman–Crippen LogP) is 2.30. The summed E-state index contributed by atoms with van der Waals surface area (Å²) >= 11 is 5.06. The predicted molar refractivity (Wildman–Crippen MR) is 69.5 cm³/mol. The van der Waals surface area contributed by atoms with Crippen LogP contribution in [0.5, 0.6) is 0 Å². The lowest BCUT2D eigenvalue weighted by Gasteiger charge is -1.97. The van der Waals surface area contributed by atoms with Crippen LogP contribution in [0.15, 0.2) is 17.9 Å². The van der Waals surface area contributed by atoms with E-state index in [1.54, 1.807) is 6.92 Å². The van der Waals surface area contributed by atoms with E-state index < -0.39 is 14.8 Å². The summed E-state index contributed by atoms with van der Waals surface area (Å²) < 4.78 is 32.7. The fourth-order valence-electron chi connectivity index (χ4n) is 1.23. The van der Waals surface area contributed by atoms with Crippen molar-refractivity contribution in [2.45, 2.75) is 11.1 Å². The van der Waals surface area contributed by atoms with Crippen molar-refractivity contribution >= 4 is 48.6 Å². The van der Waals surface area contributed by atoms with Crippen LogP contribution in [0, 0.1) is 6.92 Å². The van der Waals surface area contributed by atoms with Crippen molar-refractivity contribution in [3.05, 3.63) is 19.1 Å². The third-order valence-electron chi connectivity index (χ3n) is 1.91. The van der Waals surface area contributed by atoms with E-state index in [0.29, 0.717) is 21.6 Å². The van der Waals surface area contributed by atoms with Crippen molar-refractivity contribution in [2.75, 3.05) is 6.26 Å². The average molecular weight is 356 g/mol. The molecule has 0 N–H and O–H groups in total. The van der Waals surface area contributed by atoms with E-state index in [-0.39, 0.29) is 10.1 Å². The molecule has 2 heterocycles. The summed E-state index contributed by atoms with van der Waals surface area (Å²) in [6, 6.07) is 0. The first-order valence-electron chi connectivity index (χ1n) is 4.27. The van der Waals surface area contributed by atoms with Crippen molar-refractivity contribution in [3.63, 3.8) is 0 Å². The second-order valence-corrected chi connectivity index (χ2v) is 8.17. The molecule has 5 nitrogen and oxygen atoms in total. The van der Waals surface area contributed by atoms with Gasteiger partial charge < -0.3 is 4.42 Å². The number of hydrogen-bond donors (Lipinski definition) is 0. The zero-order valence-electron chi connectivity index (χ0n) is 8.68. The standard InChI is InChI=1S/C8H6BrNO4S3/c1-3-5(9)4(6-10-16-8(11)14-6)7(15-3)17(2,12)13/h1-2H3. The molecule has 17 heavy (non-hydrogen) atoms. The van der Waals surface area contributed by atoms with Gasteiger partial charge in [0.25, 0.3) is 0 Å². The third-order valence-corrected chi connectivity index (χ3v) is 6.59. The summed E-state index contributed by atoms with van der Waals surface area (Å²) in [5.41, 5.74) is 0.327. The van der Waals surface area contributed by atoms with Gasteiger partial charge in [-0.2, -0.15) is 0 Å². The van der Waals surface area contributed by atoms with Crippen LogP contribution in [0.3, 0.4) is 0 Å². The van der Waals surface area contributed by atoms with Gasteiger partial charge in [0, 0.05) is 15.6 Å². The fourth-order valence-corrected chi connectivity index (χ4v) is 4.81. The highest BCUT2D eigenvalue weighted by atomic mass is 79.9. The van der Waals surface area contributed by atoms with Gasteiger partial charge >= 0.3 is 4.94 Å². The molecule has 0 spiro atoms. The molecule has 2 rings (SSSR count). The largest absolute Gasteiger partial charge is 0.414 e. The molecule has 92 valence electrons. The van der Waals surface area contributed by atoms with Gasteiger partial charge in [-0.05, 0) is 22.9 Å². The van der Waals surface area contributed by atoms with E-state index >= 15 is 0 Å². The van der Waals surface area contributed by atoms with E-state index in [2.05, 4.69) is 20.3 Å². The quantitative estimate of drug-likeness (QED) is 0.825. The number of halogens is 1. The molecule has 0 unspecified atom stereocenters. The summed E-state index contributed by atoms with van der Waals surface area (Å²) in [4.78, 5) is 11.2. The lowest BCUT2D eigenvalue weighted by Crippen LogP contribution is -1.96. The van der Waals surface area contributed by atoms with E-state index in [1.165, 1.54) is 0 Å². The monoisotopic (exact) mass is 355 g/mol.